The lowest BCUT2D eigenvalue weighted by Gasteiger charge is -2.41. The number of hydrogen-bond acceptors (Lipinski definition) is 4. The zero-order valence-corrected chi connectivity index (χ0v) is 15.8. The van der Waals surface area contributed by atoms with Gasteiger partial charge in [-0.3, -0.25) is 4.98 Å². The fourth-order valence-electron chi connectivity index (χ4n) is 4.26. The van der Waals surface area contributed by atoms with Crippen LogP contribution in [0.3, 0.4) is 0 Å². The van der Waals surface area contributed by atoms with Gasteiger partial charge in [-0.25, -0.2) is 0 Å². The summed E-state index contributed by atoms with van der Waals surface area (Å²) >= 11 is 6.26. The van der Waals surface area contributed by atoms with Gasteiger partial charge in [0.15, 0.2) is 0 Å². The first-order valence-corrected chi connectivity index (χ1v) is 9.34. The molecule has 2 heterocycles. The second kappa shape index (κ2) is 6.69. The quantitative estimate of drug-likeness (QED) is 0.874. The predicted octanol–water partition coefficient (Wildman–Crippen LogP) is 3.77. The van der Waals surface area contributed by atoms with Gasteiger partial charge in [-0.1, -0.05) is 17.7 Å². The molecule has 1 aromatic heterocycles. The molecule has 1 fully saturated rings. The topological polar surface area (TPSA) is 45.6 Å². The molecule has 2 aliphatic rings. The average molecular weight is 371 g/mol. The van der Waals surface area contributed by atoms with Crippen LogP contribution < -0.4 is 0 Å². The lowest BCUT2D eigenvalue weighted by Crippen LogP contribution is -2.44. The molecule has 4 rings (SSSR count). The van der Waals surface area contributed by atoms with Crippen molar-refractivity contribution in [2.45, 2.75) is 18.4 Å². The highest BCUT2D eigenvalue weighted by molar-refractivity contribution is 6.30. The number of nitrogens with zero attached hydrogens (tertiary/aromatic N) is 2. The van der Waals surface area contributed by atoms with Gasteiger partial charge < -0.3 is 14.7 Å². The Morgan fingerprint density at radius 3 is 2.77 bits per heavy atom. The van der Waals surface area contributed by atoms with Crippen LogP contribution in [0.5, 0.6) is 0 Å². The lowest BCUT2D eigenvalue weighted by molar-refractivity contribution is -0.0146. The zero-order chi connectivity index (χ0) is 18.3. The number of hydrogen-bond donors (Lipinski definition) is 1. The van der Waals surface area contributed by atoms with E-state index >= 15 is 0 Å². The van der Waals surface area contributed by atoms with Gasteiger partial charge in [-0.15, -0.1) is 0 Å². The molecule has 26 heavy (non-hydrogen) atoms. The molecule has 0 saturated carbocycles. The Balaban J connectivity index is 1.97. The van der Waals surface area contributed by atoms with E-state index in [1.807, 2.05) is 36.4 Å². The molecule has 1 atom stereocenters. The molecule has 1 aliphatic carbocycles. The van der Waals surface area contributed by atoms with E-state index in [2.05, 4.69) is 16.9 Å². The maximum absolute atomic E-state index is 12.2. The van der Waals surface area contributed by atoms with E-state index in [-0.39, 0.29) is 5.92 Å². The minimum atomic E-state index is -1.17. The monoisotopic (exact) mass is 370 g/mol. The first-order chi connectivity index (χ1) is 12.5. The van der Waals surface area contributed by atoms with E-state index in [0.717, 1.165) is 42.6 Å². The van der Waals surface area contributed by atoms with Crippen LogP contribution in [-0.2, 0) is 10.3 Å². The van der Waals surface area contributed by atoms with Crippen LogP contribution in [0.2, 0.25) is 5.02 Å². The van der Waals surface area contributed by atoms with Gasteiger partial charge in [0.05, 0.1) is 12.8 Å². The molecule has 1 aromatic carbocycles. The van der Waals surface area contributed by atoms with Crippen molar-refractivity contribution in [1.82, 2.24) is 9.88 Å². The fourth-order valence-corrected chi connectivity index (χ4v) is 4.44. The number of fused-ring (bicyclic) bond motifs is 2. The highest BCUT2D eigenvalue weighted by Crippen LogP contribution is 2.47. The van der Waals surface area contributed by atoms with Crippen LogP contribution in [0.15, 0.2) is 36.5 Å². The van der Waals surface area contributed by atoms with Gasteiger partial charge in [-0.2, -0.15) is 0 Å². The molecule has 0 bridgehead atoms. The third kappa shape index (κ3) is 2.73. The van der Waals surface area contributed by atoms with Crippen molar-refractivity contribution in [3.8, 4) is 0 Å². The number of ether oxygens (including phenoxy) is 1. The number of halogens is 1. The smallest absolute Gasteiger partial charge is 0.136 e. The number of piperidine rings is 1. The normalized spacial score (nSPS) is 23.6. The summed E-state index contributed by atoms with van der Waals surface area (Å²) in [6, 6.07) is 9.51. The summed E-state index contributed by atoms with van der Waals surface area (Å²) in [5.41, 5.74) is 2.07. The van der Waals surface area contributed by atoms with Crippen LogP contribution in [0.25, 0.3) is 11.8 Å². The van der Waals surface area contributed by atoms with Gasteiger partial charge in [0.1, 0.15) is 11.4 Å². The van der Waals surface area contributed by atoms with Gasteiger partial charge >= 0.3 is 0 Å². The highest BCUT2D eigenvalue weighted by Gasteiger charge is 2.46. The molecule has 1 saturated heterocycles. The number of methoxy groups -OCH3 is 1. The average Bonchev–Trinajstić information content (AvgIpc) is 2.76. The van der Waals surface area contributed by atoms with Gasteiger partial charge in [0.25, 0.3) is 0 Å². The van der Waals surface area contributed by atoms with Crippen LogP contribution in [-0.4, -0.2) is 42.2 Å². The third-order valence-corrected chi connectivity index (χ3v) is 5.91. The van der Waals surface area contributed by atoms with E-state index < -0.39 is 5.60 Å². The maximum atomic E-state index is 12.2. The standard InChI is InChI=1S/C21H23ClN2O2/c1-24-10-7-15(8-11-24)21(25)18-6-5-16(22)12-14(18)13-19(26-2)17-4-3-9-23-20(17)21/h3-6,9,12-13,15,25H,7-8,10-11H2,1-2H3. The summed E-state index contributed by atoms with van der Waals surface area (Å²) in [5.74, 6) is 0.775. The van der Waals surface area contributed by atoms with Crippen molar-refractivity contribution in [3.63, 3.8) is 0 Å². The van der Waals surface area contributed by atoms with E-state index in [4.69, 9.17) is 16.3 Å². The molecule has 0 radical (unpaired) electrons. The summed E-state index contributed by atoms with van der Waals surface area (Å²) in [6.45, 7) is 1.92. The Morgan fingerprint density at radius 2 is 2.04 bits per heavy atom. The first kappa shape index (κ1) is 17.5. The number of benzene rings is 1. The molecule has 5 heteroatoms. The Hall–Kier alpha value is -1.88. The third-order valence-electron chi connectivity index (χ3n) is 5.67. The van der Waals surface area contributed by atoms with Crippen molar-refractivity contribution < 1.29 is 9.84 Å². The molecule has 1 unspecified atom stereocenters. The van der Waals surface area contributed by atoms with E-state index in [0.29, 0.717) is 16.5 Å². The molecule has 136 valence electrons. The molecule has 2 aromatic rings. The number of pyridine rings is 1. The van der Waals surface area contributed by atoms with Crippen LogP contribution in [0, 0.1) is 5.92 Å². The summed E-state index contributed by atoms with van der Waals surface area (Å²) in [7, 11) is 3.77. The molecule has 0 amide bonds. The Kier molecular flexibility index (Phi) is 4.51. The van der Waals surface area contributed by atoms with Crippen molar-refractivity contribution in [1.29, 1.82) is 0 Å². The van der Waals surface area contributed by atoms with E-state index in [1.165, 1.54) is 0 Å². The minimum Gasteiger partial charge on any atom is -0.496 e. The van der Waals surface area contributed by atoms with Gasteiger partial charge in [0.2, 0.25) is 0 Å². The van der Waals surface area contributed by atoms with Crippen LogP contribution in [0.1, 0.15) is 35.2 Å². The molecule has 1 N–H and O–H groups in total. The van der Waals surface area contributed by atoms with Gasteiger partial charge in [0, 0.05) is 22.7 Å². The number of aliphatic hydroxyl groups is 1. The van der Waals surface area contributed by atoms with Crippen molar-refractivity contribution in [2.75, 3.05) is 27.2 Å². The van der Waals surface area contributed by atoms with Gasteiger partial charge in [-0.05, 0) is 74.4 Å². The second-order valence-corrected chi connectivity index (χ2v) is 7.62. The zero-order valence-electron chi connectivity index (χ0n) is 15.1. The Bertz CT molecular complexity index is 859. The van der Waals surface area contributed by atoms with Crippen molar-refractivity contribution in [2.24, 2.45) is 5.92 Å². The van der Waals surface area contributed by atoms with Crippen molar-refractivity contribution >= 4 is 23.4 Å². The number of likely N-dealkylation sites (tertiary alicyclic amines) is 1. The lowest BCUT2D eigenvalue weighted by atomic mass is 9.72. The number of aromatic nitrogens is 1. The minimum absolute atomic E-state index is 0.0804. The van der Waals surface area contributed by atoms with Crippen LogP contribution >= 0.6 is 11.6 Å². The van der Waals surface area contributed by atoms with Crippen molar-refractivity contribution in [3.05, 3.63) is 63.9 Å². The number of rotatable bonds is 2. The molecular formula is C21H23ClN2O2. The molecule has 0 spiro atoms. The molecule has 1 aliphatic heterocycles. The maximum Gasteiger partial charge on any atom is 0.136 e. The summed E-state index contributed by atoms with van der Waals surface area (Å²) in [5, 5.41) is 12.8. The van der Waals surface area contributed by atoms with E-state index in [1.54, 1.807) is 13.3 Å². The Labute approximate surface area is 159 Å². The molecular weight excluding hydrogens is 348 g/mol. The first-order valence-electron chi connectivity index (χ1n) is 8.96. The fraction of sp³-hybridized carbons (Fsp3) is 0.381. The molecule has 4 nitrogen and oxygen atoms in total. The Morgan fingerprint density at radius 1 is 1.27 bits per heavy atom. The predicted molar refractivity (Wildman–Crippen MR) is 104 cm³/mol. The van der Waals surface area contributed by atoms with Crippen LogP contribution in [0.4, 0.5) is 0 Å². The highest BCUT2D eigenvalue weighted by atomic mass is 35.5. The van der Waals surface area contributed by atoms with E-state index in [9.17, 15) is 5.11 Å². The largest absolute Gasteiger partial charge is 0.496 e. The SMILES string of the molecule is COC1=Cc2cc(Cl)ccc2C(O)(C2CCN(C)CC2)c2ncccc21. The summed E-state index contributed by atoms with van der Waals surface area (Å²) in [4.78, 5) is 6.93. The summed E-state index contributed by atoms with van der Waals surface area (Å²) < 4.78 is 5.65. The second-order valence-electron chi connectivity index (χ2n) is 7.19. The summed E-state index contributed by atoms with van der Waals surface area (Å²) in [6.07, 6.45) is 5.52.